The van der Waals surface area contributed by atoms with Gasteiger partial charge in [0.25, 0.3) is 0 Å². The highest BCUT2D eigenvalue weighted by Crippen LogP contribution is 2.28. The van der Waals surface area contributed by atoms with E-state index in [1.54, 1.807) is 12.1 Å². The molecule has 0 unspecified atom stereocenters. The minimum Gasteiger partial charge on any atom is -0.508 e. The number of benzene rings is 2. The Hall–Kier alpha value is -2.50. The molecule has 0 aromatic heterocycles. The van der Waals surface area contributed by atoms with Gasteiger partial charge in [0.1, 0.15) is 5.75 Å². The molecule has 0 aliphatic carbocycles. The summed E-state index contributed by atoms with van der Waals surface area (Å²) < 4.78 is 37.1. The number of nitrogens with zero attached hydrogens (tertiary/aromatic N) is 1. The van der Waals surface area contributed by atoms with E-state index in [2.05, 4.69) is 10.5 Å². The van der Waals surface area contributed by atoms with E-state index < -0.39 is 11.7 Å². The first-order valence-corrected chi connectivity index (χ1v) is 5.70. The van der Waals surface area contributed by atoms with Gasteiger partial charge in [0.15, 0.2) is 0 Å². The fraction of sp³-hybridized carbons (Fsp3) is 0.0714. The summed E-state index contributed by atoms with van der Waals surface area (Å²) in [6.07, 6.45) is -2.92. The van der Waals surface area contributed by atoms with E-state index in [4.69, 9.17) is 5.11 Å². The fourth-order valence-electron chi connectivity index (χ4n) is 1.48. The molecule has 0 amide bonds. The molecule has 6 heteroatoms. The van der Waals surface area contributed by atoms with Crippen LogP contribution in [0.15, 0.2) is 53.6 Å². The SMILES string of the molecule is Oc1ccc(N/N=C/c2ccc(C(F)(F)F)cc2)cc1. The molecule has 0 bridgehead atoms. The Morgan fingerprint density at radius 3 is 2.10 bits per heavy atom. The van der Waals surface area contributed by atoms with Gasteiger partial charge in [-0.3, -0.25) is 5.43 Å². The van der Waals surface area contributed by atoms with Crippen molar-refractivity contribution in [2.75, 3.05) is 5.43 Å². The van der Waals surface area contributed by atoms with Gasteiger partial charge >= 0.3 is 6.18 Å². The van der Waals surface area contributed by atoms with Gasteiger partial charge in [-0.15, -0.1) is 0 Å². The summed E-state index contributed by atoms with van der Waals surface area (Å²) in [5, 5.41) is 13.0. The summed E-state index contributed by atoms with van der Waals surface area (Å²) in [6.45, 7) is 0. The summed E-state index contributed by atoms with van der Waals surface area (Å²) in [5.41, 5.74) is 3.21. The van der Waals surface area contributed by atoms with E-state index in [0.717, 1.165) is 12.1 Å². The molecule has 0 aliphatic heterocycles. The van der Waals surface area contributed by atoms with Gasteiger partial charge in [-0.2, -0.15) is 18.3 Å². The molecule has 0 spiro atoms. The zero-order chi connectivity index (χ0) is 14.6. The lowest BCUT2D eigenvalue weighted by atomic mass is 10.1. The van der Waals surface area contributed by atoms with Crippen LogP contribution in [-0.2, 0) is 6.18 Å². The first-order valence-electron chi connectivity index (χ1n) is 5.70. The van der Waals surface area contributed by atoms with Crippen molar-refractivity contribution < 1.29 is 18.3 Å². The predicted molar refractivity (Wildman–Crippen MR) is 70.8 cm³/mol. The van der Waals surface area contributed by atoms with E-state index in [0.29, 0.717) is 11.3 Å². The third kappa shape index (κ3) is 3.74. The lowest BCUT2D eigenvalue weighted by molar-refractivity contribution is -0.137. The first-order chi connectivity index (χ1) is 9.45. The van der Waals surface area contributed by atoms with Crippen molar-refractivity contribution in [3.63, 3.8) is 0 Å². The second-order valence-electron chi connectivity index (χ2n) is 4.04. The van der Waals surface area contributed by atoms with Gasteiger partial charge in [0.2, 0.25) is 0 Å². The molecule has 0 heterocycles. The van der Waals surface area contributed by atoms with Gasteiger partial charge in [0.05, 0.1) is 17.5 Å². The van der Waals surface area contributed by atoms with Crippen LogP contribution in [0.25, 0.3) is 0 Å². The zero-order valence-corrected chi connectivity index (χ0v) is 10.2. The standard InChI is InChI=1S/C14H11F3N2O/c15-14(16,17)11-3-1-10(2-4-11)9-18-19-12-5-7-13(20)8-6-12/h1-9,19-20H/b18-9+. The number of anilines is 1. The molecular weight excluding hydrogens is 269 g/mol. The van der Waals surface area contributed by atoms with E-state index in [-0.39, 0.29) is 5.75 Å². The van der Waals surface area contributed by atoms with Crippen molar-refractivity contribution in [1.82, 2.24) is 0 Å². The Morgan fingerprint density at radius 2 is 1.55 bits per heavy atom. The monoisotopic (exact) mass is 280 g/mol. The second-order valence-corrected chi connectivity index (χ2v) is 4.04. The number of rotatable bonds is 3. The number of hydrogen-bond acceptors (Lipinski definition) is 3. The highest BCUT2D eigenvalue weighted by atomic mass is 19.4. The van der Waals surface area contributed by atoms with Crippen LogP contribution < -0.4 is 5.43 Å². The molecule has 0 saturated heterocycles. The number of alkyl halides is 3. The quantitative estimate of drug-likeness (QED) is 0.509. The lowest BCUT2D eigenvalue weighted by Crippen LogP contribution is -2.04. The Balaban J connectivity index is 1.99. The molecule has 3 nitrogen and oxygen atoms in total. The summed E-state index contributed by atoms with van der Waals surface area (Å²) >= 11 is 0. The van der Waals surface area contributed by atoms with Crippen LogP contribution in [0.3, 0.4) is 0 Å². The van der Waals surface area contributed by atoms with Crippen LogP contribution in [-0.4, -0.2) is 11.3 Å². The van der Waals surface area contributed by atoms with Crippen molar-refractivity contribution in [1.29, 1.82) is 0 Å². The van der Waals surface area contributed by atoms with Gasteiger partial charge in [0, 0.05) is 0 Å². The van der Waals surface area contributed by atoms with Gasteiger partial charge < -0.3 is 5.11 Å². The van der Waals surface area contributed by atoms with E-state index in [1.165, 1.54) is 30.5 Å². The molecule has 0 atom stereocenters. The summed E-state index contributed by atoms with van der Waals surface area (Å²) in [4.78, 5) is 0. The second kappa shape index (κ2) is 5.64. The van der Waals surface area contributed by atoms with Crippen molar-refractivity contribution >= 4 is 11.9 Å². The lowest BCUT2D eigenvalue weighted by Gasteiger charge is -2.05. The number of hydrogen-bond donors (Lipinski definition) is 2. The number of aromatic hydroxyl groups is 1. The number of nitrogens with one attached hydrogen (secondary N) is 1. The molecule has 2 N–H and O–H groups in total. The van der Waals surface area contributed by atoms with Crippen LogP contribution in [0.1, 0.15) is 11.1 Å². The van der Waals surface area contributed by atoms with Crippen LogP contribution in [0.5, 0.6) is 5.75 Å². The highest BCUT2D eigenvalue weighted by Gasteiger charge is 2.29. The number of phenols is 1. The van der Waals surface area contributed by atoms with Crippen molar-refractivity contribution in [2.45, 2.75) is 6.18 Å². The molecule has 2 aromatic rings. The van der Waals surface area contributed by atoms with Crippen molar-refractivity contribution in [3.05, 3.63) is 59.7 Å². The first kappa shape index (κ1) is 13.9. The third-order valence-corrected chi connectivity index (χ3v) is 2.51. The van der Waals surface area contributed by atoms with Crippen LogP contribution in [0, 0.1) is 0 Å². The van der Waals surface area contributed by atoms with Crippen molar-refractivity contribution in [3.8, 4) is 5.75 Å². The zero-order valence-electron chi connectivity index (χ0n) is 10.2. The average molecular weight is 280 g/mol. The smallest absolute Gasteiger partial charge is 0.416 e. The minimum absolute atomic E-state index is 0.141. The Bertz CT molecular complexity index is 589. The van der Waals surface area contributed by atoms with E-state index in [9.17, 15) is 13.2 Å². The average Bonchev–Trinajstić information content (AvgIpc) is 2.41. The molecule has 2 rings (SSSR count). The largest absolute Gasteiger partial charge is 0.508 e. The Labute approximate surface area is 113 Å². The molecule has 104 valence electrons. The maximum absolute atomic E-state index is 12.4. The molecule has 0 aliphatic rings. The number of hydrazone groups is 1. The minimum atomic E-state index is -4.33. The van der Waals surface area contributed by atoms with Gasteiger partial charge in [-0.05, 0) is 42.0 Å². The van der Waals surface area contributed by atoms with Gasteiger partial charge in [-0.25, -0.2) is 0 Å². The van der Waals surface area contributed by atoms with Crippen LogP contribution in [0.4, 0.5) is 18.9 Å². The Morgan fingerprint density at radius 1 is 0.950 bits per heavy atom. The molecule has 0 fully saturated rings. The highest BCUT2D eigenvalue weighted by molar-refractivity contribution is 5.80. The maximum atomic E-state index is 12.4. The fourth-order valence-corrected chi connectivity index (χ4v) is 1.48. The normalized spacial score (nSPS) is 11.8. The van der Waals surface area contributed by atoms with Crippen LogP contribution >= 0.6 is 0 Å². The molecule has 20 heavy (non-hydrogen) atoms. The number of halogens is 3. The third-order valence-electron chi connectivity index (χ3n) is 2.51. The maximum Gasteiger partial charge on any atom is 0.416 e. The van der Waals surface area contributed by atoms with E-state index in [1.807, 2.05) is 0 Å². The van der Waals surface area contributed by atoms with Crippen molar-refractivity contribution in [2.24, 2.45) is 5.10 Å². The topological polar surface area (TPSA) is 44.6 Å². The Kier molecular flexibility index (Phi) is 3.93. The molecular formula is C14H11F3N2O. The number of phenolic OH excluding ortho intramolecular Hbond substituents is 1. The van der Waals surface area contributed by atoms with Gasteiger partial charge in [-0.1, -0.05) is 12.1 Å². The summed E-state index contributed by atoms with van der Waals surface area (Å²) in [5.74, 6) is 0.141. The summed E-state index contributed by atoms with van der Waals surface area (Å²) in [6, 6.07) is 10.9. The molecule has 2 aromatic carbocycles. The van der Waals surface area contributed by atoms with E-state index >= 15 is 0 Å². The predicted octanol–water partition coefficient (Wildman–Crippen LogP) is 3.86. The summed E-state index contributed by atoms with van der Waals surface area (Å²) in [7, 11) is 0. The molecule has 0 radical (unpaired) electrons. The van der Waals surface area contributed by atoms with Crippen LogP contribution in [0.2, 0.25) is 0 Å². The molecule has 0 saturated carbocycles.